The summed E-state index contributed by atoms with van der Waals surface area (Å²) < 4.78 is 33.8. The quantitative estimate of drug-likeness (QED) is 0.516. The number of hydrogen-bond acceptors (Lipinski definition) is 5. The topological polar surface area (TPSA) is 105 Å². The molecule has 1 heterocycles. The summed E-state index contributed by atoms with van der Waals surface area (Å²) in [5, 5.41) is 13.4. The van der Waals surface area contributed by atoms with Crippen LogP contribution in [0.2, 0.25) is 10.0 Å². The second-order valence-electron chi connectivity index (χ2n) is 7.83. The minimum absolute atomic E-state index is 0.106. The van der Waals surface area contributed by atoms with Crippen LogP contribution in [-0.2, 0) is 26.1 Å². The summed E-state index contributed by atoms with van der Waals surface area (Å²) in [6, 6.07) is 11.1. The monoisotopic (exact) mass is 500 g/mol. The third-order valence-electron chi connectivity index (χ3n) is 5.32. The first-order chi connectivity index (χ1) is 15.2. The number of amides is 1. The number of aryl methyl sites for hydroxylation is 1. The van der Waals surface area contributed by atoms with Crippen LogP contribution in [0.5, 0.6) is 0 Å². The largest absolute Gasteiger partial charge is 0.394 e. The van der Waals surface area contributed by atoms with E-state index in [0.29, 0.717) is 29.4 Å². The molecule has 7 nitrogen and oxygen atoms in total. The molecule has 1 aliphatic heterocycles. The van der Waals surface area contributed by atoms with E-state index < -0.39 is 28.3 Å². The predicted molar refractivity (Wildman–Crippen MR) is 123 cm³/mol. The molecule has 0 radical (unpaired) electrons. The van der Waals surface area contributed by atoms with Gasteiger partial charge in [-0.3, -0.25) is 4.79 Å². The number of carbonyl (C=O) groups is 1. The number of benzene rings is 2. The molecule has 0 spiro atoms. The summed E-state index contributed by atoms with van der Waals surface area (Å²) in [6.45, 7) is 1.81. The molecule has 174 valence electrons. The fraction of sp³-hybridized carbons (Fsp3) is 0.409. The van der Waals surface area contributed by atoms with E-state index in [9.17, 15) is 18.3 Å². The Kier molecular flexibility index (Phi) is 8.55. The summed E-state index contributed by atoms with van der Waals surface area (Å²) in [7, 11) is -3.75. The summed E-state index contributed by atoms with van der Waals surface area (Å²) in [4.78, 5) is 12.5. The van der Waals surface area contributed by atoms with Crippen molar-refractivity contribution in [2.45, 2.75) is 55.9 Å². The van der Waals surface area contributed by atoms with Gasteiger partial charge in [0.25, 0.3) is 0 Å². The molecular weight excluding hydrogens is 475 g/mol. The van der Waals surface area contributed by atoms with E-state index in [1.54, 1.807) is 30.3 Å². The van der Waals surface area contributed by atoms with Gasteiger partial charge in [0.15, 0.2) is 0 Å². The van der Waals surface area contributed by atoms with E-state index in [4.69, 9.17) is 27.9 Å². The Balaban J connectivity index is 1.52. The molecule has 2 aromatic rings. The van der Waals surface area contributed by atoms with Crippen LogP contribution in [0.3, 0.4) is 0 Å². The first-order valence-corrected chi connectivity index (χ1v) is 12.5. The number of nitrogens with one attached hydrogen (secondary N) is 2. The summed E-state index contributed by atoms with van der Waals surface area (Å²) in [5.41, 5.74) is 1.77. The second kappa shape index (κ2) is 11.0. The third-order valence-corrected chi connectivity index (χ3v) is 7.57. The molecule has 3 rings (SSSR count). The average molecular weight is 501 g/mol. The molecule has 3 N–H and O–H groups in total. The van der Waals surface area contributed by atoms with E-state index in [1.807, 2.05) is 6.92 Å². The van der Waals surface area contributed by atoms with Gasteiger partial charge in [0.05, 0.1) is 46.2 Å². The summed E-state index contributed by atoms with van der Waals surface area (Å²) >= 11 is 11.9. The van der Waals surface area contributed by atoms with Gasteiger partial charge in [0.1, 0.15) is 0 Å². The predicted octanol–water partition coefficient (Wildman–Crippen LogP) is 3.20. The molecule has 3 atom stereocenters. The zero-order valence-electron chi connectivity index (χ0n) is 17.6. The van der Waals surface area contributed by atoms with Crippen LogP contribution < -0.4 is 10.0 Å². The van der Waals surface area contributed by atoms with Crippen LogP contribution in [0.1, 0.15) is 30.4 Å². The lowest BCUT2D eigenvalue weighted by Crippen LogP contribution is -2.51. The standard InChI is InChI=1S/C22H26Cl2N2O5S/c1-14-2-6-17(7-3-14)32(29,30)26-20-9-5-16(31-21(20)13-27)11-22(28)25-12-15-4-8-18(23)19(24)10-15/h2-4,6-8,10,16,20-21,26-27H,5,9,11-13H2,1H3,(H,25,28)/t16-,20-,21-/m0/s1. The molecule has 1 aliphatic rings. The van der Waals surface area contributed by atoms with Crippen molar-refractivity contribution in [2.24, 2.45) is 0 Å². The van der Waals surface area contributed by atoms with Crippen LogP contribution in [0.15, 0.2) is 47.4 Å². The highest BCUT2D eigenvalue weighted by molar-refractivity contribution is 7.89. The van der Waals surface area contributed by atoms with Crippen molar-refractivity contribution in [3.05, 3.63) is 63.6 Å². The Morgan fingerprint density at radius 3 is 2.50 bits per heavy atom. The Morgan fingerprint density at radius 2 is 1.84 bits per heavy atom. The first-order valence-electron chi connectivity index (χ1n) is 10.2. The Bertz CT molecular complexity index is 1050. The number of hydrogen-bond donors (Lipinski definition) is 3. The van der Waals surface area contributed by atoms with Gasteiger partial charge >= 0.3 is 0 Å². The number of ether oxygens (including phenoxy) is 1. The van der Waals surface area contributed by atoms with Gasteiger partial charge < -0.3 is 15.2 Å². The molecule has 2 aromatic carbocycles. The van der Waals surface area contributed by atoms with Crippen molar-refractivity contribution in [3.8, 4) is 0 Å². The van der Waals surface area contributed by atoms with Crippen LogP contribution in [-0.4, -0.2) is 44.3 Å². The molecular formula is C22H26Cl2N2O5S. The van der Waals surface area contributed by atoms with Gasteiger partial charge in [-0.05, 0) is 49.6 Å². The van der Waals surface area contributed by atoms with Gasteiger partial charge in [0, 0.05) is 6.54 Å². The lowest BCUT2D eigenvalue weighted by Gasteiger charge is -2.35. The van der Waals surface area contributed by atoms with Gasteiger partial charge in [-0.2, -0.15) is 0 Å². The van der Waals surface area contributed by atoms with Crippen LogP contribution in [0.25, 0.3) is 0 Å². The van der Waals surface area contributed by atoms with Gasteiger partial charge in [-0.1, -0.05) is 47.0 Å². The highest BCUT2D eigenvalue weighted by Gasteiger charge is 2.34. The van der Waals surface area contributed by atoms with Crippen LogP contribution in [0.4, 0.5) is 0 Å². The van der Waals surface area contributed by atoms with E-state index in [1.165, 1.54) is 12.1 Å². The van der Waals surface area contributed by atoms with Crippen molar-refractivity contribution in [1.82, 2.24) is 10.0 Å². The lowest BCUT2D eigenvalue weighted by atomic mass is 9.98. The maximum absolute atomic E-state index is 12.7. The van der Waals surface area contributed by atoms with Crippen molar-refractivity contribution < 1.29 is 23.1 Å². The lowest BCUT2D eigenvalue weighted by molar-refractivity contribution is -0.130. The Labute approximate surface area is 198 Å². The smallest absolute Gasteiger partial charge is 0.240 e. The zero-order valence-corrected chi connectivity index (χ0v) is 19.9. The molecule has 1 fully saturated rings. The fourth-order valence-electron chi connectivity index (χ4n) is 3.53. The van der Waals surface area contributed by atoms with Crippen molar-refractivity contribution >= 4 is 39.1 Å². The van der Waals surface area contributed by atoms with E-state index in [0.717, 1.165) is 11.1 Å². The Hall–Kier alpha value is -1.68. The molecule has 0 bridgehead atoms. The van der Waals surface area contributed by atoms with Crippen LogP contribution in [0, 0.1) is 6.92 Å². The molecule has 0 unspecified atom stereocenters. The van der Waals surface area contributed by atoms with Crippen molar-refractivity contribution in [2.75, 3.05) is 6.61 Å². The van der Waals surface area contributed by atoms with E-state index >= 15 is 0 Å². The highest BCUT2D eigenvalue weighted by Crippen LogP contribution is 2.24. The molecule has 0 aromatic heterocycles. The Morgan fingerprint density at radius 1 is 1.12 bits per heavy atom. The highest BCUT2D eigenvalue weighted by atomic mass is 35.5. The van der Waals surface area contributed by atoms with E-state index in [-0.39, 0.29) is 23.8 Å². The summed E-state index contributed by atoms with van der Waals surface area (Å²) in [5.74, 6) is -0.212. The maximum atomic E-state index is 12.7. The van der Waals surface area contributed by atoms with Gasteiger partial charge in [-0.25, -0.2) is 13.1 Å². The van der Waals surface area contributed by atoms with Gasteiger partial charge in [-0.15, -0.1) is 0 Å². The molecule has 0 saturated carbocycles. The summed E-state index contributed by atoms with van der Waals surface area (Å²) in [6.07, 6.45) is -0.119. The minimum Gasteiger partial charge on any atom is -0.394 e. The van der Waals surface area contributed by atoms with Crippen molar-refractivity contribution in [3.63, 3.8) is 0 Å². The zero-order chi connectivity index (χ0) is 23.3. The van der Waals surface area contributed by atoms with E-state index in [2.05, 4.69) is 10.0 Å². The van der Waals surface area contributed by atoms with Gasteiger partial charge in [0.2, 0.25) is 15.9 Å². The first kappa shape index (κ1) is 25.0. The average Bonchev–Trinajstić information content (AvgIpc) is 2.75. The number of aliphatic hydroxyl groups excluding tert-OH is 1. The molecule has 1 amide bonds. The number of aliphatic hydroxyl groups is 1. The third kappa shape index (κ3) is 6.66. The molecule has 10 heteroatoms. The number of carbonyl (C=O) groups excluding carboxylic acids is 1. The SMILES string of the molecule is Cc1ccc(S(=O)(=O)N[C@H]2CC[C@@H](CC(=O)NCc3ccc(Cl)c(Cl)c3)O[C@H]2CO)cc1. The second-order valence-corrected chi connectivity index (χ2v) is 10.4. The number of rotatable bonds is 8. The number of sulfonamides is 1. The maximum Gasteiger partial charge on any atom is 0.240 e. The minimum atomic E-state index is -3.75. The molecule has 1 saturated heterocycles. The number of halogens is 2. The molecule has 0 aliphatic carbocycles. The molecule has 32 heavy (non-hydrogen) atoms. The normalized spacial score (nSPS) is 21.3. The van der Waals surface area contributed by atoms with Crippen LogP contribution >= 0.6 is 23.2 Å². The fourth-order valence-corrected chi connectivity index (χ4v) is 5.15. The van der Waals surface area contributed by atoms with Crippen molar-refractivity contribution in [1.29, 1.82) is 0 Å².